The van der Waals surface area contributed by atoms with Crippen LogP contribution in [0.1, 0.15) is 0 Å². The average molecular weight is 585 g/mol. The van der Waals surface area contributed by atoms with Crippen molar-refractivity contribution < 1.29 is 0 Å². The zero-order chi connectivity index (χ0) is 30.5. The van der Waals surface area contributed by atoms with Gasteiger partial charge in [-0.25, -0.2) is 9.97 Å². The fraction of sp³-hybridized carbons (Fsp3) is 0. The molecule has 0 spiro atoms. The third-order valence-corrected chi connectivity index (χ3v) is 9.04. The molecule has 1 heterocycles. The van der Waals surface area contributed by atoms with E-state index in [1.807, 2.05) is 18.2 Å². The Morgan fingerprint density at radius 1 is 0.304 bits per heavy atom. The summed E-state index contributed by atoms with van der Waals surface area (Å²) in [6, 6.07) is 60.3. The van der Waals surface area contributed by atoms with Gasteiger partial charge in [0.1, 0.15) is 0 Å². The van der Waals surface area contributed by atoms with Crippen LogP contribution in [0.15, 0.2) is 170 Å². The quantitative estimate of drug-likeness (QED) is 0.152. The molecule has 0 aliphatic heterocycles. The van der Waals surface area contributed by atoms with Gasteiger partial charge in [0.15, 0.2) is 5.82 Å². The lowest BCUT2D eigenvalue weighted by molar-refractivity contribution is 1.19. The monoisotopic (exact) mass is 584 g/mol. The van der Waals surface area contributed by atoms with E-state index >= 15 is 0 Å². The van der Waals surface area contributed by atoms with Crippen LogP contribution in [-0.4, -0.2) is 9.97 Å². The van der Waals surface area contributed by atoms with Gasteiger partial charge < -0.3 is 0 Å². The lowest BCUT2D eigenvalue weighted by Crippen LogP contribution is -1.98. The number of hydrogen-bond donors (Lipinski definition) is 0. The molecule has 9 aromatic rings. The Morgan fingerprint density at radius 3 is 1.63 bits per heavy atom. The highest BCUT2D eigenvalue weighted by atomic mass is 14.9. The predicted molar refractivity (Wildman–Crippen MR) is 194 cm³/mol. The minimum Gasteiger partial charge on any atom is -0.228 e. The molecule has 8 aromatic carbocycles. The molecule has 0 atom stereocenters. The van der Waals surface area contributed by atoms with Crippen molar-refractivity contribution >= 4 is 43.1 Å². The van der Waals surface area contributed by atoms with E-state index in [4.69, 9.17) is 9.97 Å². The largest absolute Gasteiger partial charge is 0.228 e. The number of benzene rings is 8. The van der Waals surface area contributed by atoms with Crippen molar-refractivity contribution in [3.8, 4) is 45.0 Å². The summed E-state index contributed by atoms with van der Waals surface area (Å²) in [5, 5.41) is 9.62. The van der Waals surface area contributed by atoms with Crippen molar-refractivity contribution in [1.29, 1.82) is 0 Å². The maximum absolute atomic E-state index is 5.36. The molecule has 0 aliphatic rings. The van der Waals surface area contributed by atoms with E-state index in [9.17, 15) is 0 Å². The van der Waals surface area contributed by atoms with E-state index in [2.05, 4.69) is 152 Å². The van der Waals surface area contributed by atoms with Crippen LogP contribution in [0.2, 0.25) is 0 Å². The minimum absolute atomic E-state index is 0.714. The molecule has 0 amide bonds. The van der Waals surface area contributed by atoms with E-state index in [1.165, 1.54) is 54.2 Å². The second-order valence-electron chi connectivity index (χ2n) is 11.8. The maximum Gasteiger partial charge on any atom is 0.160 e. The summed E-state index contributed by atoms with van der Waals surface area (Å²) in [6.07, 6.45) is 0. The predicted octanol–water partition coefficient (Wildman–Crippen LogP) is 11.8. The van der Waals surface area contributed by atoms with Crippen molar-refractivity contribution in [1.82, 2.24) is 9.97 Å². The Kier molecular flexibility index (Phi) is 6.17. The van der Waals surface area contributed by atoms with Gasteiger partial charge in [0, 0.05) is 22.1 Å². The molecule has 2 heteroatoms. The van der Waals surface area contributed by atoms with Gasteiger partial charge in [-0.2, -0.15) is 0 Å². The second-order valence-corrected chi connectivity index (χ2v) is 11.8. The van der Waals surface area contributed by atoms with E-state index < -0.39 is 0 Å². The molecule has 214 valence electrons. The van der Waals surface area contributed by atoms with E-state index in [1.54, 1.807) is 0 Å². The standard InChI is InChI=1S/C44H28N2/c1-3-15-31(16-4-1)41-36-21-11-12-22-37(36)43(42-35-20-10-9-14-30(35)25-26-38(41)42)40-28-39(45-44(46-40)32-17-5-2-6-18-32)34-24-23-29-13-7-8-19-33(29)27-34/h1-28H. The van der Waals surface area contributed by atoms with E-state index in [0.717, 1.165) is 28.1 Å². The summed E-state index contributed by atoms with van der Waals surface area (Å²) in [7, 11) is 0. The Labute approximate surface area is 267 Å². The minimum atomic E-state index is 0.714. The Balaban J connectivity index is 1.44. The van der Waals surface area contributed by atoms with Gasteiger partial charge in [-0.15, -0.1) is 0 Å². The van der Waals surface area contributed by atoms with Crippen molar-refractivity contribution in [3.63, 3.8) is 0 Å². The van der Waals surface area contributed by atoms with Crippen molar-refractivity contribution in [2.45, 2.75) is 0 Å². The van der Waals surface area contributed by atoms with Gasteiger partial charge in [0.25, 0.3) is 0 Å². The van der Waals surface area contributed by atoms with Crippen LogP contribution < -0.4 is 0 Å². The number of nitrogens with zero attached hydrogens (tertiary/aromatic N) is 2. The number of hydrogen-bond acceptors (Lipinski definition) is 2. The summed E-state index contributed by atoms with van der Waals surface area (Å²) in [6.45, 7) is 0. The van der Waals surface area contributed by atoms with Crippen LogP contribution >= 0.6 is 0 Å². The van der Waals surface area contributed by atoms with Gasteiger partial charge in [-0.3, -0.25) is 0 Å². The van der Waals surface area contributed by atoms with Crippen LogP contribution in [-0.2, 0) is 0 Å². The Bertz CT molecular complexity index is 2570. The van der Waals surface area contributed by atoms with Crippen molar-refractivity contribution in [2.75, 3.05) is 0 Å². The van der Waals surface area contributed by atoms with Crippen LogP contribution in [0.5, 0.6) is 0 Å². The average Bonchev–Trinajstić information content (AvgIpc) is 3.14. The first-order chi connectivity index (χ1) is 22.8. The molecule has 0 unspecified atom stereocenters. The maximum atomic E-state index is 5.36. The summed E-state index contributed by atoms with van der Waals surface area (Å²) < 4.78 is 0. The highest BCUT2D eigenvalue weighted by molar-refractivity contribution is 6.27. The van der Waals surface area contributed by atoms with Gasteiger partial charge in [0.2, 0.25) is 0 Å². The SMILES string of the molecule is c1ccc(-c2nc(-c3ccc4ccccc4c3)cc(-c3c4ccccc4c(-c4ccccc4)c4ccc5ccccc5c34)n2)cc1. The summed E-state index contributed by atoms with van der Waals surface area (Å²) in [5.74, 6) is 0.714. The molecular formula is C44H28N2. The zero-order valence-corrected chi connectivity index (χ0v) is 25.1. The Morgan fingerprint density at radius 2 is 0.870 bits per heavy atom. The lowest BCUT2D eigenvalue weighted by Gasteiger charge is -2.19. The first-order valence-electron chi connectivity index (χ1n) is 15.7. The van der Waals surface area contributed by atoms with Gasteiger partial charge in [-0.1, -0.05) is 158 Å². The molecule has 2 nitrogen and oxygen atoms in total. The molecular weight excluding hydrogens is 556 g/mol. The molecule has 0 aliphatic carbocycles. The first kappa shape index (κ1) is 26.3. The fourth-order valence-corrected chi connectivity index (χ4v) is 6.92. The molecule has 46 heavy (non-hydrogen) atoms. The van der Waals surface area contributed by atoms with Gasteiger partial charge in [0.05, 0.1) is 11.4 Å². The highest BCUT2D eigenvalue weighted by Crippen LogP contribution is 2.46. The molecule has 0 radical (unpaired) electrons. The normalized spacial score (nSPS) is 11.5. The number of fused-ring (bicyclic) bond motifs is 5. The summed E-state index contributed by atoms with van der Waals surface area (Å²) >= 11 is 0. The highest BCUT2D eigenvalue weighted by Gasteiger charge is 2.21. The van der Waals surface area contributed by atoms with Crippen molar-refractivity contribution in [3.05, 3.63) is 170 Å². The molecule has 0 bridgehead atoms. The molecule has 9 rings (SSSR count). The molecule has 0 fully saturated rings. The first-order valence-corrected chi connectivity index (χ1v) is 15.7. The molecule has 1 aromatic heterocycles. The fourth-order valence-electron chi connectivity index (χ4n) is 6.92. The van der Waals surface area contributed by atoms with Crippen molar-refractivity contribution in [2.24, 2.45) is 0 Å². The van der Waals surface area contributed by atoms with Crippen LogP contribution in [0.3, 0.4) is 0 Å². The molecule has 0 saturated heterocycles. The second kappa shape index (κ2) is 10.8. The zero-order valence-electron chi connectivity index (χ0n) is 25.1. The van der Waals surface area contributed by atoms with Crippen LogP contribution in [0.4, 0.5) is 0 Å². The van der Waals surface area contributed by atoms with Gasteiger partial charge >= 0.3 is 0 Å². The van der Waals surface area contributed by atoms with Crippen LogP contribution in [0, 0.1) is 0 Å². The molecule has 0 N–H and O–H groups in total. The number of rotatable bonds is 4. The van der Waals surface area contributed by atoms with E-state index in [-0.39, 0.29) is 0 Å². The third kappa shape index (κ3) is 4.35. The smallest absolute Gasteiger partial charge is 0.160 e. The Hall–Kier alpha value is -6.12. The lowest BCUT2D eigenvalue weighted by atomic mass is 9.85. The third-order valence-electron chi connectivity index (χ3n) is 9.04. The topological polar surface area (TPSA) is 25.8 Å². The van der Waals surface area contributed by atoms with Crippen LogP contribution in [0.25, 0.3) is 88.1 Å². The molecule has 0 saturated carbocycles. The number of aromatic nitrogens is 2. The summed E-state index contributed by atoms with van der Waals surface area (Å²) in [4.78, 5) is 10.5. The van der Waals surface area contributed by atoms with E-state index in [0.29, 0.717) is 5.82 Å². The van der Waals surface area contributed by atoms with Gasteiger partial charge in [-0.05, 0) is 61.0 Å². The summed E-state index contributed by atoms with van der Waals surface area (Å²) in [5.41, 5.74) is 7.45.